The Kier molecular flexibility index (Phi) is 3.93. The molecule has 1 aromatic heterocycles. The predicted molar refractivity (Wildman–Crippen MR) is 75.6 cm³/mol. The molecule has 5 nitrogen and oxygen atoms in total. The van der Waals surface area contributed by atoms with E-state index in [0.717, 1.165) is 15.8 Å². The highest BCUT2D eigenvalue weighted by Crippen LogP contribution is 2.21. The van der Waals surface area contributed by atoms with Gasteiger partial charge in [-0.3, -0.25) is 14.9 Å². The topological polar surface area (TPSA) is 76.0 Å². The number of nitro groups is 1. The first-order valence-corrected chi connectivity index (χ1v) is 6.35. The molecule has 1 aromatic carbocycles. The van der Waals surface area contributed by atoms with Crippen molar-refractivity contribution in [2.75, 3.05) is 0 Å². The molecule has 0 saturated carbocycles. The van der Waals surface area contributed by atoms with Crippen LogP contribution in [0.2, 0.25) is 0 Å². The number of halogens is 2. The molecule has 7 heteroatoms. The van der Waals surface area contributed by atoms with E-state index in [9.17, 15) is 19.3 Å². The minimum atomic E-state index is -0.601. The van der Waals surface area contributed by atoms with E-state index >= 15 is 0 Å². The summed E-state index contributed by atoms with van der Waals surface area (Å²) in [6, 6.07) is 5.73. The zero-order valence-corrected chi connectivity index (χ0v) is 11.7. The number of nitrogens with zero attached hydrogens (tertiary/aromatic N) is 1. The monoisotopic (exact) mass is 374 g/mol. The minimum absolute atomic E-state index is 0.00296. The zero-order chi connectivity index (χ0) is 14.0. The number of aromatic nitrogens is 1. The van der Waals surface area contributed by atoms with Crippen molar-refractivity contribution >= 4 is 28.3 Å². The van der Waals surface area contributed by atoms with Crippen molar-refractivity contribution in [2.24, 2.45) is 0 Å². The fourth-order valence-corrected chi connectivity index (χ4v) is 2.14. The number of benzene rings is 1. The van der Waals surface area contributed by atoms with Crippen LogP contribution in [0.15, 0.2) is 35.3 Å². The molecule has 0 fully saturated rings. The van der Waals surface area contributed by atoms with E-state index in [2.05, 4.69) is 4.98 Å². The molecule has 0 bridgehead atoms. The van der Waals surface area contributed by atoms with Crippen LogP contribution in [0.25, 0.3) is 0 Å². The highest BCUT2D eigenvalue weighted by molar-refractivity contribution is 14.1. The second-order valence-electron chi connectivity index (χ2n) is 3.88. The van der Waals surface area contributed by atoms with Crippen LogP contribution < -0.4 is 5.56 Å². The Balaban J connectivity index is 2.45. The molecule has 2 rings (SSSR count). The van der Waals surface area contributed by atoms with Gasteiger partial charge in [-0.05, 0) is 40.3 Å². The van der Waals surface area contributed by atoms with Gasteiger partial charge in [0.25, 0.3) is 5.69 Å². The van der Waals surface area contributed by atoms with Gasteiger partial charge in [0.2, 0.25) is 5.56 Å². The lowest BCUT2D eigenvalue weighted by Crippen LogP contribution is -2.09. The summed E-state index contributed by atoms with van der Waals surface area (Å²) >= 11 is 1.97. The fourth-order valence-electron chi connectivity index (χ4n) is 1.69. The van der Waals surface area contributed by atoms with Gasteiger partial charge in [-0.25, -0.2) is 4.39 Å². The molecule has 0 aliphatic rings. The van der Waals surface area contributed by atoms with E-state index in [1.165, 1.54) is 6.07 Å². The maximum atomic E-state index is 13.7. The van der Waals surface area contributed by atoms with Crippen molar-refractivity contribution in [3.05, 3.63) is 71.4 Å². The molecule has 0 aliphatic heterocycles. The Morgan fingerprint density at radius 3 is 2.68 bits per heavy atom. The first kappa shape index (κ1) is 13.7. The Morgan fingerprint density at radius 1 is 1.32 bits per heavy atom. The number of pyridine rings is 1. The predicted octanol–water partition coefficient (Wildman–Crippen LogP) is 2.62. The molecule has 0 radical (unpaired) electrons. The van der Waals surface area contributed by atoms with Gasteiger partial charge in [-0.15, -0.1) is 0 Å². The maximum Gasteiger partial charge on any atom is 0.289 e. The first-order valence-electron chi connectivity index (χ1n) is 5.27. The van der Waals surface area contributed by atoms with Crippen molar-refractivity contribution in [1.29, 1.82) is 0 Å². The lowest BCUT2D eigenvalue weighted by atomic mass is 10.0. The third kappa shape index (κ3) is 3.16. The molecule has 0 amide bonds. The van der Waals surface area contributed by atoms with Gasteiger partial charge in [-0.2, -0.15) is 0 Å². The maximum absolute atomic E-state index is 13.7. The summed E-state index contributed by atoms with van der Waals surface area (Å²) < 4.78 is 14.4. The lowest BCUT2D eigenvalue weighted by Gasteiger charge is -2.04. The number of aromatic amines is 1. The average Bonchev–Trinajstić information content (AvgIpc) is 2.32. The standard InChI is InChI=1S/C12H8FIN2O3/c13-10-5-9(14)2-1-7(10)3-8-4-12(17)15-6-11(8)16(18)19/h1-2,4-6H,3H2,(H,15,17). The molecule has 0 saturated heterocycles. The van der Waals surface area contributed by atoms with E-state index < -0.39 is 16.3 Å². The molecule has 1 N–H and O–H groups in total. The average molecular weight is 374 g/mol. The van der Waals surface area contributed by atoms with Gasteiger partial charge < -0.3 is 4.98 Å². The lowest BCUT2D eigenvalue weighted by molar-refractivity contribution is -0.385. The molecule has 0 unspecified atom stereocenters. The number of rotatable bonds is 3. The van der Waals surface area contributed by atoms with Crippen LogP contribution in [0.3, 0.4) is 0 Å². The minimum Gasteiger partial charge on any atom is -0.323 e. The summed E-state index contributed by atoms with van der Waals surface area (Å²) in [5, 5.41) is 10.9. The molecular weight excluding hydrogens is 366 g/mol. The molecule has 0 aliphatic carbocycles. The molecule has 2 aromatic rings. The summed E-state index contributed by atoms with van der Waals surface area (Å²) in [5.41, 5.74) is -0.174. The number of hydrogen-bond acceptors (Lipinski definition) is 3. The number of hydrogen-bond donors (Lipinski definition) is 1. The van der Waals surface area contributed by atoms with Crippen LogP contribution in [0.4, 0.5) is 10.1 Å². The van der Waals surface area contributed by atoms with Crippen LogP contribution in [0, 0.1) is 19.5 Å². The Labute approximate surface area is 120 Å². The molecular formula is C12H8FIN2O3. The van der Waals surface area contributed by atoms with Crippen LogP contribution in [0.1, 0.15) is 11.1 Å². The van der Waals surface area contributed by atoms with Crippen LogP contribution in [-0.4, -0.2) is 9.91 Å². The van der Waals surface area contributed by atoms with Crippen molar-refractivity contribution in [3.63, 3.8) is 0 Å². The van der Waals surface area contributed by atoms with Crippen molar-refractivity contribution < 1.29 is 9.31 Å². The van der Waals surface area contributed by atoms with Crippen molar-refractivity contribution in [2.45, 2.75) is 6.42 Å². The van der Waals surface area contributed by atoms with E-state index in [-0.39, 0.29) is 17.7 Å². The molecule has 0 atom stereocenters. The highest BCUT2D eigenvalue weighted by Gasteiger charge is 2.16. The van der Waals surface area contributed by atoms with E-state index in [1.54, 1.807) is 12.1 Å². The van der Waals surface area contributed by atoms with Gasteiger partial charge in [-0.1, -0.05) is 6.07 Å². The first-order chi connectivity index (χ1) is 8.97. The molecule has 1 heterocycles. The Morgan fingerprint density at radius 2 is 2.05 bits per heavy atom. The zero-order valence-electron chi connectivity index (χ0n) is 9.52. The SMILES string of the molecule is O=c1cc(Cc2ccc(I)cc2F)c([N+](=O)[O-])c[nH]1. The number of H-pyrrole nitrogens is 1. The third-order valence-corrected chi connectivity index (χ3v) is 3.25. The quantitative estimate of drug-likeness (QED) is 0.510. The molecule has 98 valence electrons. The second kappa shape index (κ2) is 5.47. The summed E-state index contributed by atoms with van der Waals surface area (Å²) in [6.07, 6.45) is 1.03. The normalized spacial score (nSPS) is 10.4. The molecule has 19 heavy (non-hydrogen) atoms. The van der Waals surface area contributed by atoms with Crippen molar-refractivity contribution in [1.82, 2.24) is 4.98 Å². The highest BCUT2D eigenvalue weighted by atomic mass is 127. The van der Waals surface area contributed by atoms with Crippen molar-refractivity contribution in [3.8, 4) is 0 Å². The molecule has 0 spiro atoms. The summed E-state index contributed by atoms with van der Waals surface area (Å²) in [6.45, 7) is 0. The second-order valence-corrected chi connectivity index (χ2v) is 5.12. The summed E-state index contributed by atoms with van der Waals surface area (Å²) in [4.78, 5) is 23.7. The van der Waals surface area contributed by atoms with Crippen LogP contribution in [0.5, 0.6) is 0 Å². The van der Waals surface area contributed by atoms with E-state index in [4.69, 9.17) is 0 Å². The van der Waals surface area contributed by atoms with Gasteiger partial charge in [0.1, 0.15) is 5.82 Å². The fraction of sp³-hybridized carbons (Fsp3) is 0.0833. The Hall–Kier alpha value is -1.77. The van der Waals surface area contributed by atoms with Gasteiger partial charge in [0.15, 0.2) is 0 Å². The van der Waals surface area contributed by atoms with Gasteiger partial charge >= 0.3 is 0 Å². The number of nitrogens with one attached hydrogen (secondary N) is 1. The van der Waals surface area contributed by atoms with Gasteiger partial charge in [0.05, 0.1) is 11.1 Å². The van der Waals surface area contributed by atoms with E-state index in [0.29, 0.717) is 5.56 Å². The van der Waals surface area contributed by atoms with Gasteiger partial charge in [0, 0.05) is 21.6 Å². The smallest absolute Gasteiger partial charge is 0.289 e. The summed E-state index contributed by atoms with van der Waals surface area (Å²) in [5.74, 6) is -0.443. The largest absolute Gasteiger partial charge is 0.323 e. The van der Waals surface area contributed by atoms with E-state index in [1.807, 2.05) is 22.6 Å². The Bertz CT molecular complexity index is 700. The summed E-state index contributed by atoms with van der Waals surface area (Å²) in [7, 11) is 0. The van der Waals surface area contributed by atoms with Crippen LogP contribution in [-0.2, 0) is 6.42 Å². The third-order valence-electron chi connectivity index (χ3n) is 2.58. The van der Waals surface area contributed by atoms with Crippen LogP contribution >= 0.6 is 22.6 Å².